The molecule has 2 heterocycles. The second-order valence-electron chi connectivity index (χ2n) is 5.85. The van der Waals surface area contributed by atoms with Crippen LogP contribution in [0.15, 0.2) is 45.6 Å². The zero-order chi connectivity index (χ0) is 18.0. The number of hydrogen-bond donors (Lipinski definition) is 2. The fourth-order valence-corrected chi connectivity index (χ4v) is 3.64. The summed E-state index contributed by atoms with van der Waals surface area (Å²) in [6.07, 6.45) is 0. The molecule has 3 aromatic rings. The van der Waals surface area contributed by atoms with Gasteiger partial charge in [0.1, 0.15) is 5.60 Å². The smallest absolute Gasteiger partial charge is 0.356 e. The molecule has 25 heavy (non-hydrogen) atoms. The van der Waals surface area contributed by atoms with E-state index in [-0.39, 0.29) is 12.2 Å². The molecule has 0 radical (unpaired) electrons. The van der Waals surface area contributed by atoms with Gasteiger partial charge in [0.05, 0.1) is 12.6 Å². The van der Waals surface area contributed by atoms with E-state index >= 15 is 0 Å². The van der Waals surface area contributed by atoms with Crippen molar-refractivity contribution in [1.29, 1.82) is 0 Å². The number of halogens is 1. The normalized spacial score (nSPS) is 13.4. The fourth-order valence-electron chi connectivity index (χ4n) is 2.49. The summed E-state index contributed by atoms with van der Waals surface area (Å²) in [5.74, 6) is -0.502. The van der Waals surface area contributed by atoms with Crippen molar-refractivity contribution in [3.63, 3.8) is 0 Å². The van der Waals surface area contributed by atoms with Gasteiger partial charge in [-0.1, -0.05) is 15.9 Å². The molecule has 1 atom stereocenters. The molecule has 1 aromatic carbocycles. The van der Waals surface area contributed by atoms with Crippen molar-refractivity contribution in [2.75, 3.05) is 19.0 Å². The van der Waals surface area contributed by atoms with E-state index in [1.165, 1.54) is 18.4 Å². The maximum Gasteiger partial charge on any atom is 0.356 e. The van der Waals surface area contributed by atoms with Crippen LogP contribution in [0, 0.1) is 0 Å². The van der Waals surface area contributed by atoms with Gasteiger partial charge in [0.15, 0.2) is 5.69 Å². The number of rotatable bonds is 5. The topological polar surface area (TPSA) is 71.5 Å². The Morgan fingerprint density at radius 2 is 2.20 bits per heavy atom. The number of esters is 1. The number of fused-ring (bicyclic) bond motifs is 1. The number of hydrogen-bond acceptors (Lipinski definition) is 6. The van der Waals surface area contributed by atoms with Crippen LogP contribution in [0.1, 0.15) is 23.0 Å². The first kappa shape index (κ1) is 17.8. The number of nitrogens with one attached hydrogen (secondary N) is 1. The van der Waals surface area contributed by atoms with E-state index in [1.54, 1.807) is 13.0 Å². The van der Waals surface area contributed by atoms with Gasteiger partial charge in [0.2, 0.25) is 0 Å². The summed E-state index contributed by atoms with van der Waals surface area (Å²) in [6, 6.07) is 9.15. The molecule has 2 N–H and O–H groups in total. The van der Waals surface area contributed by atoms with Crippen LogP contribution < -0.4 is 5.32 Å². The molecule has 0 fully saturated rings. The van der Waals surface area contributed by atoms with E-state index in [2.05, 4.69) is 26.2 Å². The lowest BCUT2D eigenvalue weighted by Crippen LogP contribution is -2.30. The lowest BCUT2D eigenvalue weighted by atomic mass is 9.99. The van der Waals surface area contributed by atoms with E-state index in [0.717, 1.165) is 15.4 Å². The number of ether oxygens (including phenoxy) is 1. The fraction of sp³-hybridized carbons (Fsp3) is 0.222. The summed E-state index contributed by atoms with van der Waals surface area (Å²) in [4.78, 5) is 16.2. The summed E-state index contributed by atoms with van der Waals surface area (Å²) in [6.45, 7) is 2.04. The maximum absolute atomic E-state index is 11.9. The number of benzene rings is 1. The molecule has 5 nitrogen and oxygen atoms in total. The molecule has 0 aliphatic carbocycles. The minimum Gasteiger partial charge on any atom is -0.464 e. The Hall–Kier alpha value is -1.96. The second-order valence-corrected chi connectivity index (χ2v) is 7.54. The standard InChI is InChI=1S/C18H17BrN2O3S/c1-18(23,11-5-6-25-9-11)10-20-15-8-16(17(22)24-2)21-14-4-3-12(19)7-13(14)15/h3-9,23H,10H2,1-2H3,(H,20,21). The van der Waals surface area contributed by atoms with Gasteiger partial charge in [-0.15, -0.1) is 0 Å². The molecule has 0 spiro atoms. The summed E-state index contributed by atoms with van der Waals surface area (Å²) >= 11 is 4.99. The number of aromatic nitrogens is 1. The molecular formula is C18H17BrN2O3S. The highest BCUT2D eigenvalue weighted by atomic mass is 79.9. The number of pyridine rings is 1. The number of methoxy groups -OCH3 is 1. The van der Waals surface area contributed by atoms with Crippen LogP contribution in [0.2, 0.25) is 0 Å². The first-order valence-electron chi connectivity index (χ1n) is 7.58. The largest absolute Gasteiger partial charge is 0.464 e. The molecule has 0 aliphatic rings. The van der Waals surface area contributed by atoms with E-state index in [9.17, 15) is 9.90 Å². The van der Waals surface area contributed by atoms with E-state index in [0.29, 0.717) is 11.2 Å². The van der Waals surface area contributed by atoms with Gasteiger partial charge >= 0.3 is 5.97 Å². The van der Waals surface area contributed by atoms with Crippen molar-refractivity contribution < 1.29 is 14.6 Å². The summed E-state index contributed by atoms with van der Waals surface area (Å²) in [5.41, 5.74) is 1.41. The SMILES string of the molecule is COC(=O)c1cc(NCC(C)(O)c2ccsc2)c2cc(Br)ccc2n1. The van der Waals surface area contributed by atoms with Crippen LogP contribution in [-0.4, -0.2) is 29.7 Å². The van der Waals surface area contributed by atoms with Gasteiger partial charge in [0, 0.05) is 22.1 Å². The van der Waals surface area contributed by atoms with Gasteiger partial charge in [-0.3, -0.25) is 0 Å². The van der Waals surface area contributed by atoms with Crippen molar-refractivity contribution in [2.24, 2.45) is 0 Å². The minimum absolute atomic E-state index is 0.218. The quantitative estimate of drug-likeness (QED) is 0.606. The molecule has 130 valence electrons. The predicted octanol–water partition coefficient (Wildman–Crippen LogP) is 4.17. The van der Waals surface area contributed by atoms with Crippen LogP contribution in [0.4, 0.5) is 5.69 Å². The van der Waals surface area contributed by atoms with Gasteiger partial charge in [0.25, 0.3) is 0 Å². The Bertz CT molecular complexity index is 910. The summed E-state index contributed by atoms with van der Waals surface area (Å²) in [7, 11) is 1.32. The lowest BCUT2D eigenvalue weighted by Gasteiger charge is -2.24. The third-order valence-electron chi connectivity index (χ3n) is 3.93. The van der Waals surface area contributed by atoms with Crippen LogP contribution in [0.25, 0.3) is 10.9 Å². The highest BCUT2D eigenvalue weighted by Crippen LogP contribution is 2.29. The number of anilines is 1. The van der Waals surface area contributed by atoms with Crippen molar-refractivity contribution in [3.8, 4) is 0 Å². The average Bonchev–Trinajstić information content (AvgIpc) is 3.14. The van der Waals surface area contributed by atoms with Crippen LogP contribution >= 0.6 is 27.3 Å². The first-order chi connectivity index (χ1) is 11.9. The number of carbonyl (C=O) groups is 1. The Balaban J connectivity index is 1.98. The molecule has 0 bridgehead atoms. The first-order valence-corrected chi connectivity index (χ1v) is 9.32. The van der Waals surface area contributed by atoms with Crippen LogP contribution in [0.5, 0.6) is 0 Å². The highest BCUT2D eigenvalue weighted by molar-refractivity contribution is 9.10. The zero-order valence-electron chi connectivity index (χ0n) is 13.7. The molecule has 0 amide bonds. The Labute approximate surface area is 157 Å². The van der Waals surface area contributed by atoms with Crippen LogP contribution in [-0.2, 0) is 10.3 Å². The van der Waals surface area contributed by atoms with Crippen LogP contribution in [0.3, 0.4) is 0 Å². The van der Waals surface area contributed by atoms with Crippen molar-refractivity contribution in [2.45, 2.75) is 12.5 Å². The summed E-state index contributed by atoms with van der Waals surface area (Å²) in [5, 5.41) is 18.7. The minimum atomic E-state index is -1.03. The van der Waals surface area contributed by atoms with E-state index in [4.69, 9.17) is 4.74 Å². The number of thiophene rings is 1. The number of aliphatic hydroxyl groups is 1. The lowest BCUT2D eigenvalue weighted by molar-refractivity contribution is 0.0594. The third-order valence-corrected chi connectivity index (χ3v) is 5.11. The maximum atomic E-state index is 11.9. The second kappa shape index (κ2) is 7.11. The van der Waals surface area contributed by atoms with Gasteiger partial charge in [-0.05, 0) is 53.6 Å². The van der Waals surface area contributed by atoms with Gasteiger partial charge in [-0.25, -0.2) is 9.78 Å². The van der Waals surface area contributed by atoms with Gasteiger partial charge in [-0.2, -0.15) is 11.3 Å². The van der Waals surface area contributed by atoms with Gasteiger partial charge < -0.3 is 15.2 Å². The Morgan fingerprint density at radius 1 is 1.40 bits per heavy atom. The molecule has 0 saturated heterocycles. The predicted molar refractivity (Wildman–Crippen MR) is 103 cm³/mol. The Kier molecular flexibility index (Phi) is 5.08. The van der Waals surface area contributed by atoms with Crippen molar-refractivity contribution in [1.82, 2.24) is 4.98 Å². The molecule has 0 aliphatic heterocycles. The van der Waals surface area contributed by atoms with E-state index < -0.39 is 11.6 Å². The third kappa shape index (κ3) is 3.84. The molecular weight excluding hydrogens is 404 g/mol. The molecule has 3 rings (SSSR count). The average molecular weight is 421 g/mol. The molecule has 2 aromatic heterocycles. The molecule has 7 heteroatoms. The molecule has 1 unspecified atom stereocenters. The summed E-state index contributed by atoms with van der Waals surface area (Å²) < 4.78 is 5.68. The zero-order valence-corrected chi connectivity index (χ0v) is 16.1. The van der Waals surface area contributed by atoms with Crippen molar-refractivity contribution in [3.05, 3.63) is 56.8 Å². The molecule has 0 saturated carbocycles. The number of carbonyl (C=O) groups excluding carboxylic acids is 1. The number of nitrogens with zero attached hydrogens (tertiary/aromatic N) is 1. The van der Waals surface area contributed by atoms with E-state index in [1.807, 2.05) is 35.0 Å². The van der Waals surface area contributed by atoms with Crippen molar-refractivity contribution >= 4 is 49.8 Å². The monoisotopic (exact) mass is 420 g/mol. The highest BCUT2D eigenvalue weighted by Gasteiger charge is 2.24. The Morgan fingerprint density at radius 3 is 2.88 bits per heavy atom.